The summed E-state index contributed by atoms with van der Waals surface area (Å²) in [4.78, 5) is 45.1. The Kier molecular flexibility index (Phi) is 6.35. The van der Waals surface area contributed by atoms with Gasteiger partial charge in [-0.2, -0.15) is 0 Å². The van der Waals surface area contributed by atoms with Gasteiger partial charge in [0.25, 0.3) is 5.56 Å². The third-order valence-corrected chi connectivity index (χ3v) is 5.95. The molecule has 7 heteroatoms. The monoisotopic (exact) mass is 432 g/mol. The predicted octanol–water partition coefficient (Wildman–Crippen LogP) is 4.03. The standard InChI is InChI=1S/C25H28N4O3/c1-17-9-8-10-19(15-17)26-23(31)16-28-22-14-7-6-13-21(22)27-24(25(28)32)29(18(2)30)20-11-4-3-5-12-20/h6-10,13-15,20H,3-5,11-12,16H2,1-2H3,(H,26,31). The Bertz CT molecular complexity index is 1210. The maximum absolute atomic E-state index is 13.5. The molecule has 166 valence electrons. The second-order valence-corrected chi connectivity index (χ2v) is 8.41. The molecule has 0 spiro atoms. The molecule has 2 aromatic carbocycles. The van der Waals surface area contributed by atoms with E-state index in [0.717, 1.165) is 37.7 Å². The first-order chi connectivity index (χ1) is 15.4. The van der Waals surface area contributed by atoms with E-state index in [2.05, 4.69) is 10.3 Å². The highest BCUT2D eigenvalue weighted by Gasteiger charge is 2.29. The van der Waals surface area contributed by atoms with Crippen LogP contribution in [0.25, 0.3) is 11.0 Å². The molecule has 0 bridgehead atoms. The maximum Gasteiger partial charge on any atom is 0.294 e. The minimum absolute atomic E-state index is 0.0443. The fourth-order valence-corrected chi connectivity index (χ4v) is 4.48. The number of rotatable bonds is 5. The van der Waals surface area contributed by atoms with Crippen LogP contribution in [0.1, 0.15) is 44.6 Å². The quantitative estimate of drug-likeness (QED) is 0.660. The summed E-state index contributed by atoms with van der Waals surface area (Å²) in [6.07, 6.45) is 4.88. The fraction of sp³-hybridized carbons (Fsp3) is 0.360. The summed E-state index contributed by atoms with van der Waals surface area (Å²) in [5.41, 5.74) is 2.42. The number of amides is 2. The Morgan fingerprint density at radius 1 is 1.09 bits per heavy atom. The van der Waals surface area contributed by atoms with Gasteiger partial charge in [0.05, 0.1) is 11.0 Å². The van der Waals surface area contributed by atoms with E-state index in [1.165, 1.54) is 11.5 Å². The number of aryl methyl sites for hydroxylation is 1. The number of nitrogens with one attached hydrogen (secondary N) is 1. The molecule has 0 saturated heterocycles. The number of hydrogen-bond acceptors (Lipinski definition) is 4. The van der Waals surface area contributed by atoms with Crippen LogP contribution in [-0.4, -0.2) is 27.4 Å². The zero-order valence-electron chi connectivity index (χ0n) is 18.5. The molecule has 1 fully saturated rings. The van der Waals surface area contributed by atoms with Crippen LogP contribution in [0, 0.1) is 6.92 Å². The molecule has 1 aromatic heterocycles. The van der Waals surface area contributed by atoms with E-state index in [1.807, 2.05) is 43.3 Å². The van der Waals surface area contributed by atoms with Crippen LogP contribution in [0.2, 0.25) is 0 Å². The fourth-order valence-electron chi connectivity index (χ4n) is 4.48. The number of para-hydroxylation sites is 2. The normalized spacial score (nSPS) is 14.3. The van der Waals surface area contributed by atoms with E-state index in [0.29, 0.717) is 16.7 Å². The van der Waals surface area contributed by atoms with Crippen LogP contribution in [0.3, 0.4) is 0 Å². The summed E-state index contributed by atoms with van der Waals surface area (Å²) in [5, 5.41) is 2.86. The van der Waals surface area contributed by atoms with E-state index in [4.69, 9.17) is 0 Å². The van der Waals surface area contributed by atoms with Crippen molar-refractivity contribution in [2.45, 2.75) is 58.5 Å². The molecule has 1 N–H and O–H groups in total. The minimum Gasteiger partial charge on any atom is -0.325 e. The lowest BCUT2D eigenvalue weighted by atomic mass is 9.94. The van der Waals surface area contributed by atoms with Crippen LogP contribution in [0.4, 0.5) is 11.5 Å². The molecule has 3 aromatic rings. The van der Waals surface area contributed by atoms with Gasteiger partial charge in [-0.3, -0.25) is 23.9 Å². The number of fused-ring (bicyclic) bond motifs is 1. The lowest BCUT2D eigenvalue weighted by molar-refractivity contribution is -0.117. The highest BCUT2D eigenvalue weighted by molar-refractivity contribution is 5.93. The van der Waals surface area contributed by atoms with E-state index in [1.54, 1.807) is 17.0 Å². The van der Waals surface area contributed by atoms with Crippen molar-refractivity contribution < 1.29 is 9.59 Å². The third-order valence-electron chi connectivity index (χ3n) is 5.95. The summed E-state index contributed by atoms with van der Waals surface area (Å²) >= 11 is 0. The van der Waals surface area contributed by atoms with Gasteiger partial charge >= 0.3 is 0 Å². The van der Waals surface area contributed by atoms with Crippen molar-refractivity contribution in [1.29, 1.82) is 0 Å². The maximum atomic E-state index is 13.5. The Balaban J connectivity index is 1.74. The van der Waals surface area contributed by atoms with Gasteiger partial charge in [-0.25, -0.2) is 4.98 Å². The number of aromatic nitrogens is 2. The molecule has 0 radical (unpaired) electrons. The smallest absolute Gasteiger partial charge is 0.294 e. The van der Waals surface area contributed by atoms with Gasteiger partial charge in [-0.05, 0) is 49.6 Å². The first-order valence-electron chi connectivity index (χ1n) is 11.1. The van der Waals surface area contributed by atoms with Crippen LogP contribution in [-0.2, 0) is 16.1 Å². The Morgan fingerprint density at radius 2 is 1.84 bits per heavy atom. The van der Waals surface area contributed by atoms with Gasteiger partial charge in [0, 0.05) is 18.7 Å². The van der Waals surface area contributed by atoms with Crippen molar-refractivity contribution in [2.24, 2.45) is 0 Å². The zero-order valence-corrected chi connectivity index (χ0v) is 18.5. The Labute approximate surface area is 187 Å². The second kappa shape index (κ2) is 9.34. The van der Waals surface area contributed by atoms with Crippen molar-refractivity contribution in [3.8, 4) is 0 Å². The van der Waals surface area contributed by atoms with Gasteiger partial charge in [-0.1, -0.05) is 43.5 Å². The van der Waals surface area contributed by atoms with Crippen LogP contribution >= 0.6 is 0 Å². The van der Waals surface area contributed by atoms with Crippen molar-refractivity contribution in [2.75, 3.05) is 10.2 Å². The molecular weight excluding hydrogens is 404 g/mol. The van der Waals surface area contributed by atoms with Gasteiger partial charge in [0.15, 0.2) is 0 Å². The lowest BCUT2D eigenvalue weighted by Gasteiger charge is -2.32. The Morgan fingerprint density at radius 3 is 2.56 bits per heavy atom. The average Bonchev–Trinajstić information content (AvgIpc) is 2.77. The first-order valence-corrected chi connectivity index (χ1v) is 11.1. The summed E-state index contributed by atoms with van der Waals surface area (Å²) in [6.45, 7) is 3.25. The van der Waals surface area contributed by atoms with Gasteiger partial charge in [-0.15, -0.1) is 0 Å². The number of anilines is 2. The molecule has 7 nitrogen and oxygen atoms in total. The van der Waals surface area contributed by atoms with Gasteiger partial charge in [0.1, 0.15) is 6.54 Å². The Hall–Kier alpha value is -3.48. The summed E-state index contributed by atoms with van der Waals surface area (Å²) < 4.78 is 1.42. The molecule has 32 heavy (non-hydrogen) atoms. The molecule has 1 heterocycles. The van der Waals surface area contributed by atoms with Crippen molar-refractivity contribution in [1.82, 2.24) is 9.55 Å². The first kappa shape index (κ1) is 21.7. The van der Waals surface area contributed by atoms with Crippen LogP contribution in [0.15, 0.2) is 53.3 Å². The highest BCUT2D eigenvalue weighted by atomic mass is 16.2. The molecule has 2 amide bonds. The molecule has 4 rings (SSSR count). The zero-order chi connectivity index (χ0) is 22.7. The third kappa shape index (κ3) is 4.56. The number of nitrogens with zero attached hydrogens (tertiary/aromatic N) is 3. The number of carbonyl (C=O) groups is 2. The van der Waals surface area contributed by atoms with Crippen molar-refractivity contribution in [3.63, 3.8) is 0 Å². The molecular formula is C25H28N4O3. The van der Waals surface area contributed by atoms with E-state index in [-0.39, 0.29) is 30.2 Å². The SMILES string of the molecule is CC(=O)N(c1nc2ccccc2n(CC(=O)Nc2cccc(C)c2)c1=O)C1CCCCC1. The molecule has 1 aliphatic rings. The molecule has 0 atom stereocenters. The summed E-state index contributed by atoms with van der Waals surface area (Å²) in [5.74, 6) is -0.411. The minimum atomic E-state index is -0.427. The van der Waals surface area contributed by atoms with Crippen LogP contribution < -0.4 is 15.8 Å². The number of benzene rings is 2. The number of carbonyl (C=O) groups excluding carboxylic acids is 2. The van der Waals surface area contributed by atoms with E-state index in [9.17, 15) is 14.4 Å². The average molecular weight is 433 g/mol. The molecule has 1 aliphatic carbocycles. The number of hydrogen-bond donors (Lipinski definition) is 1. The summed E-state index contributed by atoms with van der Waals surface area (Å²) in [6, 6.07) is 14.7. The van der Waals surface area contributed by atoms with Crippen LogP contribution in [0.5, 0.6) is 0 Å². The van der Waals surface area contributed by atoms with Crippen molar-refractivity contribution >= 4 is 34.4 Å². The largest absolute Gasteiger partial charge is 0.325 e. The molecule has 0 unspecified atom stereocenters. The molecule has 0 aliphatic heterocycles. The second-order valence-electron chi connectivity index (χ2n) is 8.41. The topological polar surface area (TPSA) is 84.3 Å². The lowest BCUT2D eigenvalue weighted by Crippen LogP contribution is -2.45. The summed E-state index contributed by atoms with van der Waals surface area (Å²) in [7, 11) is 0. The van der Waals surface area contributed by atoms with E-state index >= 15 is 0 Å². The van der Waals surface area contributed by atoms with Gasteiger partial charge in [0.2, 0.25) is 17.6 Å². The van der Waals surface area contributed by atoms with Crippen molar-refractivity contribution in [3.05, 3.63) is 64.4 Å². The molecule has 1 saturated carbocycles. The van der Waals surface area contributed by atoms with Gasteiger partial charge < -0.3 is 5.32 Å². The predicted molar refractivity (Wildman–Crippen MR) is 126 cm³/mol. The highest BCUT2D eigenvalue weighted by Crippen LogP contribution is 2.26. The van der Waals surface area contributed by atoms with E-state index < -0.39 is 5.56 Å².